The maximum atomic E-state index is 14.1. The maximum absolute atomic E-state index is 14.1. The summed E-state index contributed by atoms with van der Waals surface area (Å²) in [5.41, 5.74) is 5.05. The zero-order valence-corrected chi connectivity index (χ0v) is 27.4. The number of hydrogen-bond acceptors (Lipinski definition) is 6. The van der Waals surface area contributed by atoms with Gasteiger partial charge in [0.25, 0.3) is 5.91 Å². The van der Waals surface area contributed by atoms with Crippen molar-refractivity contribution in [2.75, 3.05) is 5.32 Å². The number of anilines is 1. The van der Waals surface area contributed by atoms with Crippen LogP contribution in [0, 0.1) is 5.92 Å². The van der Waals surface area contributed by atoms with Gasteiger partial charge >= 0.3 is 5.97 Å². The van der Waals surface area contributed by atoms with Crippen molar-refractivity contribution in [3.8, 4) is 0 Å². The number of pyridine rings is 1. The minimum atomic E-state index is -1.06. The fraction of sp³-hybridized carbons (Fsp3) is 0.325. The van der Waals surface area contributed by atoms with Crippen LogP contribution < -0.4 is 5.32 Å². The molecule has 0 unspecified atom stereocenters. The van der Waals surface area contributed by atoms with Crippen LogP contribution in [0.2, 0.25) is 0 Å². The highest BCUT2D eigenvalue weighted by molar-refractivity contribution is 8.00. The van der Waals surface area contributed by atoms with Crippen LogP contribution in [0.3, 0.4) is 0 Å². The molecule has 1 aromatic heterocycles. The number of aromatic nitrogens is 1. The lowest BCUT2D eigenvalue weighted by Gasteiger charge is -2.23. The van der Waals surface area contributed by atoms with E-state index in [0.29, 0.717) is 29.0 Å². The molecule has 4 aromatic rings. The van der Waals surface area contributed by atoms with Crippen molar-refractivity contribution >= 4 is 35.0 Å². The van der Waals surface area contributed by atoms with Gasteiger partial charge in [0.1, 0.15) is 18.0 Å². The number of rotatable bonds is 10. The van der Waals surface area contributed by atoms with Crippen LogP contribution in [0.15, 0.2) is 108 Å². The molecule has 3 atom stereocenters. The largest absolute Gasteiger partial charge is 0.478 e. The second kappa shape index (κ2) is 13.0. The Labute approximate surface area is 284 Å². The first-order chi connectivity index (χ1) is 23.4. The van der Waals surface area contributed by atoms with E-state index in [4.69, 9.17) is 9.47 Å². The van der Waals surface area contributed by atoms with E-state index in [1.165, 1.54) is 54.5 Å². The molecular formula is C40H38N2O5S. The smallest absolute Gasteiger partial charge is 0.337 e. The summed E-state index contributed by atoms with van der Waals surface area (Å²) in [6.07, 6.45) is 9.93. The van der Waals surface area contributed by atoms with Crippen molar-refractivity contribution in [2.24, 2.45) is 5.92 Å². The number of carboxylic acid groups (broad SMARTS) is 1. The van der Waals surface area contributed by atoms with Gasteiger partial charge in [-0.1, -0.05) is 72.8 Å². The van der Waals surface area contributed by atoms with Crippen molar-refractivity contribution in [1.29, 1.82) is 0 Å². The Bertz CT molecular complexity index is 1790. The average Bonchev–Trinajstić information content (AvgIpc) is 4.06. The molecule has 0 bridgehead atoms. The third-order valence-corrected chi connectivity index (χ3v) is 11.2. The summed E-state index contributed by atoms with van der Waals surface area (Å²) >= 11 is 1.97. The van der Waals surface area contributed by atoms with Crippen LogP contribution in [0.4, 0.5) is 5.82 Å². The van der Waals surface area contributed by atoms with Crippen molar-refractivity contribution in [1.82, 2.24) is 4.98 Å². The number of amides is 1. The summed E-state index contributed by atoms with van der Waals surface area (Å²) in [6.45, 7) is 0. The molecule has 2 N–H and O–H groups in total. The number of aromatic carboxylic acids is 1. The van der Waals surface area contributed by atoms with Gasteiger partial charge in [0.2, 0.25) is 0 Å². The molecule has 4 aliphatic rings. The molecule has 1 spiro atoms. The number of ether oxygens (including phenoxy) is 2. The van der Waals surface area contributed by atoms with Crippen LogP contribution in [0.5, 0.6) is 0 Å². The molecule has 1 aliphatic heterocycles. The highest BCUT2D eigenvalue weighted by Gasteiger charge is 2.52. The highest BCUT2D eigenvalue weighted by Crippen LogP contribution is 2.55. The molecule has 1 amide bonds. The van der Waals surface area contributed by atoms with Gasteiger partial charge in [0, 0.05) is 34.8 Å². The number of carboxylic acids is 1. The molecule has 4 fully saturated rings. The molecule has 8 rings (SSSR count). The predicted molar refractivity (Wildman–Crippen MR) is 186 cm³/mol. The molecule has 3 aromatic carbocycles. The number of carbonyl (C=O) groups excluding carboxylic acids is 1. The maximum Gasteiger partial charge on any atom is 0.337 e. The Balaban J connectivity index is 1.10. The topological polar surface area (TPSA) is 97.8 Å². The number of hydrogen-bond donors (Lipinski definition) is 2. The summed E-state index contributed by atoms with van der Waals surface area (Å²) in [7, 11) is 0. The number of nitrogens with zero attached hydrogens (tertiary/aromatic N) is 1. The van der Waals surface area contributed by atoms with Crippen LogP contribution in [-0.4, -0.2) is 33.0 Å². The fourth-order valence-electron chi connectivity index (χ4n) is 6.97. The van der Waals surface area contributed by atoms with E-state index < -0.39 is 11.8 Å². The van der Waals surface area contributed by atoms with Gasteiger partial charge in [-0.2, -0.15) is 0 Å². The first-order valence-corrected chi connectivity index (χ1v) is 17.8. The summed E-state index contributed by atoms with van der Waals surface area (Å²) in [6, 6.07) is 30.0. The molecule has 1 saturated heterocycles. The van der Waals surface area contributed by atoms with Gasteiger partial charge in [-0.25, -0.2) is 9.78 Å². The van der Waals surface area contributed by atoms with Crippen molar-refractivity contribution < 1.29 is 24.2 Å². The minimum Gasteiger partial charge on any atom is -0.478 e. The van der Waals surface area contributed by atoms with Crippen molar-refractivity contribution in [2.45, 2.75) is 79.0 Å². The van der Waals surface area contributed by atoms with E-state index in [1.54, 1.807) is 0 Å². The number of benzene rings is 3. The zero-order valence-electron chi connectivity index (χ0n) is 26.6. The van der Waals surface area contributed by atoms with Gasteiger partial charge in [-0.15, -0.1) is 11.8 Å². The first-order valence-electron chi connectivity index (χ1n) is 16.9. The Morgan fingerprint density at radius 2 is 1.50 bits per heavy atom. The Morgan fingerprint density at radius 1 is 0.833 bits per heavy atom. The average molecular weight is 659 g/mol. The molecular weight excluding hydrogens is 621 g/mol. The lowest BCUT2D eigenvalue weighted by atomic mass is 9.95. The van der Waals surface area contributed by atoms with Gasteiger partial charge in [-0.05, 0) is 90.5 Å². The molecule has 3 aliphatic carbocycles. The first kappa shape index (κ1) is 31.1. The van der Waals surface area contributed by atoms with Gasteiger partial charge in [0.15, 0.2) is 5.79 Å². The standard InChI is InChI=1S/C40H38N2O5S/c43-38(42-35-18-14-30(24-41-35)39(44)45)33(29-13-17-34(48-31-15-16-31)32(22-29)26-11-12-26)21-25-19-20-40(23-25)46-36(27-7-3-1-4-8-27)37(47-40)28-9-5-2-6-10-28/h1-10,13-14,17-18,21-22,24-26,31,36-37H,11-12,15-16,19-20,23H2,(H,44,45)(H,41,42,43)/b33-21+/t25-,36-,37-/m1/s1. The highest BCUT2D eigenvalue weighted by atomic mass is 32.2. The zero-order chi connectivity index (χ0) is 32.7. The molecule has 48 heavy (non-hydrogen) atoms. The number of carbonyl (C=O) groups is 2. The Hall–Kier alpha value is -4.24. The van der Waals surface area contributed by atoms with Gasteiger partial charge in [0.05, 0.1) is 5.56 Å². The molecule has 7 nitrogen and oxygen atoms in total. The second-order valence-electron chi connectivity index (χ2n) is 13.4. The van der Waals surface area contributed by atoms with E-state index in [0.717, 1.165) is 29.5 Å². The molecule has 0 radical (unpaired) electrons. The number of allylic oxidation sites excluding steroid dienone is 1. The third kappa shape index (κ3) is 6.70. The molecule has 2 heterocycles. The lowest BCUT2D eigenvalue weighted by molar-refractivity contribution is -0.172. The Morgan fingerprint density at radius 3 is 2.08 bits per heavy atom. The number of nitrogens with one attached hydrogen (secondary N) is 1. The van der Waals surface area contributed by atoms with Crippen molar-refractivity contribution in [3.05, 3.63) is 131 Å². The van der Waals surface area contributed by atoms with Crippen LogP contribution in [0.25, 0.3) is 5.57 Å². The van der Waals surface area contributed by atoms with Crippen LogP contribution in [0.1, 0.15) is 95.7 Å². The summed E-state index contributed by atoms with van der Waals surface area (Å²) in [5, 5.41) is 12.9. The summed E-state index contributed by atoms with van der Waals surface area (Å²) in [5.74, 6) is -1.20. The van der Waals surface area contributed by atoms with Crippen molar-refractivity contribution in [3.63, 3.8) is 0 Å². The monoisotopic (exact) mass is 658 g/mol. The molecule has 8 heteroatoms. The lowest BCUT2D eigenvalue weighted by Crippen LogP contribution is -2.26. The van der Waals surface area contributed by atoms with Gasteiger partial charge < -0.3 is 19.9 Å². The number of thioether (sulfide) groups is 1. The molecule has 244 valence electrons. The van der Waals surface area contributed by atoms with Crippen LogP contribution >= 0.6 is 11.8 Å². The minimum absolute atomic E-state index is 0.0453. The second-order valence-corrected chi connectivity index (χ2v) is 14.8. The predicted octanol–water partition coefficient (Wildman–Crippen LogP) is 8.96. The van der Waals surface area contributed by atoms with Gasteiger partial charge in [-0.3, -0.25) is 4.79 Å². The molecule has 3 saturated carbocycles. The van der Waals surface area contributed by atoms with E-state index in [1.807, 2.05) is 48.2 Å². The third-order valence-electron chi connectivity index (χ3n) is 9.74. The fourth-order valence-corrected chi connectivity index (χ4v) is 8.21. The van der Waals surface area contributed by atoms with E-state index in [9.17, 15) is 14.7 Å². The normalized spacial score (nSPS) is 23.3. The summed E-state index contributed by atoms with van der Waals surface area (Å²) in [4.78, 5) is 31.0. The Kier molecular flexibility index (Phi) is 8.41. The SMILES string of the molecule is O=C(Nc1ccc(C(=O)O)cn1)/C(=C/[C@H]1CCC2(C1)O[C@H](c1ccccc1)[C@@H](c1ccccc1)O2)c1ccc(SC2CC2)c(C2CC2)c1. The van der Waals surface area contributed by atoms with E-state index in [-0.39, 0.29) is 29.6 Å². The summed E-state index contributed by atoms with van der Waals surface area (Å²) < 4.78 is 13.7. The van der Waals surface area contributed by atoms with E-state index in [2.05, 4.69) is 58.8 Å². The van der Waals surface area contributed by atoms with E-state index >= 15 is 0 Å². The van der Waals surface area contributed by atoms with Crippen LogP contribution in [-0.2, 0) is 14.3 Å². The quantitative estimate of drug-likeness (QED) is 0.164.